The first-order valence-corrected chi connectivity index (χ1v) is 8.12. The fraction of sp³-hybridized carbons (Fsp3) is 0.438. The maximum Gasteiger partial charge on any atom is 0.273 e. The van der Waals surface area contributed by atoms with E-state index in [-0.39, 0.29) is 29.7 Å². The molecule has 5 nitrogen and oxygen atoms in total. The summed E-state index contributed by atoms with van der Waals surface area (Å²) in [5.41, 5.74) is -0.148. The molecule has 2 aromatic rings. The molecule has 1 fully saturated rings. The highest BCUT2D eigenvalue weighted by molar-refractivity contribution is 6.35. The molecule has 2 atom stereocenters. The molecule has 0 saturated carbocycles. The number of carbonyl (C=O) groups excluding carboxylic acids is 1. The van der Waals surface area contributed by atoms with Crippen molar-refractivity contribution in [3.05, 3.63) is 34.5 Å². The Morgan fingerprint density at radius 1 is 1.44 bits per heavy atom. The fourth-order valence-electron chi connectivity index (χ4n) is 2.96. The summed E-state index contributed by atoms with van der Waals surface area (Å²) in [6.07, 6.45) is -1.27. The first-order valence-electron chi connectivity index (χ1n) is 7.75. The minimum Gasteiger partial charge on any atom is -0.383 e. The van der Waals surface area contributed by atoms with Gasteiger partial charge in [0.2, 0.25) is 0 Å². The van der Waals surface area contributed by atoms with E-state index in [1.807, 2.05) is 0 Å². The van der Waals surface area contributed by atoms with Gasteiger partial charge < -0.3 is 19.9 Å². The summed E-state index contributed by atoms with van der Waals surface area (Å²) in [6.45, 7) is 0.804. The smallest absolute Gasteiger partial charge is 0.273 e. The SMILES string of the molecule is COCCN[C@H]1CN(C(=O)c2[nH]c3ccc(F)c(Cl)c3c2F)C[C@H]1F. The molecule has 2 heterocycles. The van der Waals surface area contributed by atoms with Crippen LogP contribution in [-0.4, -0.2) is 61.4 Å². The Balaban J connectivity index is 1.81. The molecule has 0 radical (unpaired) electrons. The van der Waals surface area contributed by atoms with Crippen LogP contribution in [-0.2, 0) is 4.74 Å². The van der Waals surface area contributed by atoms with E-state index in [0.29, 0.717) is 13.2 Å². The lowest BCUT2D eigenvalue weighted by molar-refractivity contribution is 0.0772. The Labute approximate surface area is 147 Å². The fourth-order valence-corrected chi connectivity index (χ4v) is 3.21. The molecular formula is C16H17ClF3N3O2. The summed E-state index contributed by atoms with van der Waals surface area (Å²) in [5, 5.41) is 2.38. The summed E-state index contributed by atoms with van der Waals surface area (Å²) >= 11 is 5.78. The highest BCUT2D eigenvalue weighted by atomic mass is 35.5. The quantitative estimate of drug-likeness (QED) is 0.789. The summed E-state index contributed by atoms with van der Waals surface area (Å²) in [4.78, 5) is 16.4. The van der Waals surface area contributed by atoms with E-state index < -0.39 is 34.8 Å². The van der Waals surface area contributed by atoms with Crippen LogP contribution >= 0.6 is 11.6 Å². The lowest BCUT2D eigenvalue weighted by atomic mass is 10.2. The highest BCUT2D eigenvalue weighted by Gasteiger charge is 2.37. The van der Waals surface area contributed by atoms with Crippen molar-refractivity contribution >= 4 is 28.4 Å². The average Bonchev–Trinajstić information content (AvgIpc) is 3.12. The predicted octanol–water partition coefficient (Wildman–Crippen LogP) is 2.50. The number of nitrogens with one attached hydrogen (secondary N) is 2. The Morgan fingerprint density at radius 3 is 2.92 bits per heavy atom. The molecule has 1 amide bonds. The Kier molecular flexibility index (Phi) is 5.21. The van der Waals surface area contributed by atoms with Gasteiger partial charge in [-0.3, -0.25) is 4.79 Å². The zero-order chi connectivity index (χ0) is 18.1. The van der Waals surface area contributed by atoms with Crippen molar-refractivity contribution in [2.45, 2.75) is 12.2 Å². The summed E-state index contributed by atoms with van der Waals surface area (Å²) in [6, 6.07) is 1.83. The molecule has 0 unspecified atom stereocenters. The van der Waals surface area contributed by atoms with Crippen molar-refractivity contribution in [3.63, 3.8) is 0 Å². The second kappa shape index (κ2) is 7.23. The number of amides is 1. The van der Waals surface area contributed by atoms with Crippen LogP contribution in [0.1, 0.15) is 10.5 Å². The highest BCUT2D eigenvalue weighted by Crippen LogP contribution is 2.31. The number of methoxy groups -OCH3 is 1. The van der Waals surface area contributed by atoms with Crippen LogP contribution in [0.3, 0.4) is 0 Å². The van der Waals surface area contributed by atoms with Crippen LogP contribution in [0, 0.1) is 11.6 Å². The van der Waals surface area contributed by atoms with E-state index >= 15 is 0 Å². The molecule has 0 aliphatic carbocycles. The number of ether oxygens (including phenoxy) is 1. The molecule has 1 aromatic carbocycles. The maximum atomic E-state index is 14.6. The number of fused-ring (bicyclic) bond motifs is 1. The number of halogens is 4. The molecule has 1 aromatic heterocycles. The minimum atomic E-state index is -1.27. The molecule has 9 heteroatoms. The van der Waals surface area contributed by atoms with Gasteiger partial charge in [0, 0.05) is 20.2 Å². The largest absolute Gasteiger partial charge is 0.383 e. The number of hydrogen-bond acceptors (Lipinski definition) is 3. The third-order valence-corrected chi connectivity index (χ3v) is 4.63. The number of carbonyl (C=O) groups is 1. The number of rotatable bonds is 5. The molecule has 136 valence electrons. The van der Waals surface area contributed by atoms with Crippen LogP contribution in [0.4, 0.5) is 13.2 Å². The van der Waals surface area contributed by atoms with Crippen LogP contribution < -0.4 is 5.32 Å². The normalized spacial score (nSPS) is 20.6. The van der Waals surface area contributed by atoms with E-state index in [1.165, 1.54) is 18.1 Å². The van der Waals surface area contributed by atoms with Gasteiger partial charge in [-0.15, -0.1) is 0 Å². The van der Waals surface area contributed by atoms with Gasteiger partial charge in [-0.05, 0) is 12.1 Å². The van der Waals surface area contributed by atoms with Gasteiger partial charge >= 0.3 is 0 Å². The first kappa shape index (κ1) is 18.0. The van der Waals surface area contributed by atoms with Crippen LogP contribution in [0.2, 0.25) is 5.02 Å². The van der Waals surface area contributed by atoms with E-state index in [4.69, 9.17) is 16.3 Å². The second-order valence-electron chi connectivity index (χ2n) is 5.88. The van der Waals surface area contributed by atoms with Gasteiger partial charge in [-0.2, -0.15) is 0 Å². The zero-order valence-electron chi connectivity index (χ0n) is 13.4. The molecule has 1 saturated heterocycles. The minimum absolute atomic E-state index is 0.0978. The van der Waals surface area contributed by atoms with Crippen molar-refractivity contribution in [3.8, 4) is 0 Å². The number of nitrogens with zero attached hydrogens (tertiary/aromatic N) is 1. The lowest BCUT2D eigenvalue weighted by Crippen LogP contribution is -2.39. The molecule has 1 aliphatic heterocycles. The average molecular weight is 376 g/mol. The van der Waals surface area contributed by atoms with Gasteiger partial charge in [0.25, 0.3) is 5.91 Å². The number of likely N-dealkylation sites (tertiary alicyclic amines) is 1. The van der Waals surface area contributed by atoms with Crippen molar-refractivity contribution in [2.24, 2.45) is 0 Å². The standard InChI is InChI=1S/C16H17ClF3N3O2/c1-25-5-4-21-11-7-23(6-9(11)19)16(24)15-14(20)12-10(22-15)3-2-8(18)13(12)17/h2-3,9,11,21-22H,4-7H2,1H3/t9-,11+/m1/s1. The topological polar surface area (TPSA) is 57.4 Å². The van der Waals surface area contributed by atoms with Gasteiger partial charge in [0.15, 0.2) is 5.82 Å². The molecule has 2 N–H and O–H groups in total. The zero-order valence-corrected chi connectivity index (χ0v) is 14.2. The molecule has 3 rings (SSSR count). The van der Waals surface area contributed by atoms with Crippen molar-refractivity contribution in [1.82, 2.24) is 15.2 Å². The number of alkyl halides is 1. The third kappa shape index (κ3) is 3.33. The van der Waals surface area contributed by atoms with E-state index in [1.54, 1.807) is 0 Å². The van der Waals surface area contributed by atoms with Crippen molar-refractivity contribution in [1.29, 1.82) is 0 Å². The number of hydrogen-bond donors (Lipinski definition) is 2. The van der Waals surface area contributed by atoms with Crippen molar-refractivity contribution in [2.75, 3.05) is 33.4 Å². The summed E-state index contributed by atoms with van der Waals surface area (Å²) in [7, 11) is 1.53. The van der Waals surface area contributed by atoms with Crippen LogP contribution in [0.5, 0.6) is 0 Å². The number of aromatic nitrogens is 1. The van der Waals surface area contributed by atoms with Crippen LogP contribution in [0.15, 0.2) is 12.1 Å². The predicted molar refractivity (Wildman–Crippen MR) is 87.7 cm³/mol. The van der Waals surface area contributed by atoms with E-state index in [9.17, 15) is 18.0 Å². The van der Waals surface area contributed by atoms with Gasteiger partial charge in [0.1, 0.15) is 17.7 Å². The number of aromatic amines is 1. The first-order chi connectivity index (χ1) is 11.9. The van der Waals surface area contributed by atoms with E-state index in [0.717, 1.165) is 6.07 Å². The third-order valence-electron chi connectivity index (χ3n) is 4.26. The Hall–Kier alpha value is -1.77. The molecule has 25 heavy (non-hydrogen) atoms. The van der Waals surface area contributed by atoms with Crippen LogP contribution in [0.25, 0.3) is 10.9 Å². The molecular weight excluding hydrogens is 359 g/mol. The number of H-pyrrole nitrogens is 1. The van der Waals surface area contributed by atoms with Crippen molar-refractivity contribution < 1.29 is 22.7 Å². The molecule has 1 aliphatic rings. The van der Waals surface area contributed by atoms with Gasteiger partial charge in [-0.25, -0.2) is 13.2 Å². The molecule has 0 bridgehead atoms. The summed E-state index contributed by atoms with van der Waals surface area (Å²) in [5.74, 6) is -2.40. The Bertz CT molecular complexity index is 799. The van der Waals surface area contributed by atoms with Gasteiger partial charge in [-0.1, -0.05) is 11.6 Å². The second-order valence-corrected chi connectivity index (χ2v) is 6.26. The maximum absolute atomic E-state index is 14.6. The summed E-state index contributed by atoms with van der Waals surface area (Å²) < 4.78 is 47.1. The van der Waals surface area contributed by atoms with E-state index in [2.05, 4.69) is 10.3 Å². The monoisotopic (exact) mass is 375 g/mol. The lowest BCUT2D eigenvalue weighted by Gasteiger charge is -2.16. The molecule has 0 spiro atoms. The van der Waals surface area contributed by atoms with Gasteiger partial charge in [0.05, 0.1) is 35.1 Å². The Morgan fingerprint density at radius 2 is 2.20 bits per heavy atom. The number of benzene rings is 1.